The molecule has 3 N–H and O–H groups in total. The van der Waals surface area contributed by atoms with Gasteiger partial charge in [-0.1, -0.05) is 25.6 Å². The Morgan fingerprint density at radius 1 is 1.39 bits per heavy atom. The molecule has 0 aliphatic heterocycles. The van der Waals surface area contributed by atoms with Gasteiger partial charge in [-0.25, -0.2) is 4.98 Å². The lowest BCUT2D eigenvalue weighted by atomic mass is 10.2. The number of aromatic nitrogens is 5. The number of carbonyl (C=O) groups excluding carboxylic acids is 1. The first-order chi connectivity index (χ1) is 14.9. The Kier molecular flexibility index (Phi) is 6.23. The number of nitrogens with two attached hydrogens (primary N) is 1. The molecule has 4 heterocycles. The Morgan fingerprint density at radius 3 is 2.94 bits per heavy atom. The third-order valence-corrected chi connectivity index (χ3v) is 6.40. The minimum atomic E-state index is -0.367. The van der Waals surface area contributed by atoms with Crippen LogP contribution < -0.4 is 11.3 Å². The van der Waals surface area contributed by atoms with Gasteiger partial charge >= 0.3 is 0 Å². The topological polar surface area (TPSA) is 133 Å². The lowest BCUT2D eigenvalue weighted by Crippen LogP contribution is -2.15. The number of thiophene rings is 1. The summed E-state index contributed by atoms with van der Waals surface area (Å²) in [5.74, 6) is 2.38. The molecular weight excluding hydrogens is 436 g/mol. The van der Waals surface area contributed by atoms with E-state index in [2.05, 4.69) is 34.0 Å². The predicted molar refractivity (Wildman–Crippen MR) is 120 cm³/mol. The van der Waals surface area contributed by atoms with Crippen LogP contribution in [-0.4, -0.2) is 30.6 Å². The fourth-order valence-electron chi connectivity index (χ4n) is 3.20. The zero-order valence-corrected chi connectivity index (χ0v) is 18.8. The van der Waals surface area contributed by atoms with Gasteiger partial charge in [0.2, 0.25) is 5.91 Å². The summed E-state index contributed by atoms with van der Waals surface area (Å²) < 4.78 is 7.44. The number of nitrogens with one attached hydrogen (secondary N) is 1. The molecule has 0 saturated heterocycles. The van der Waals surface area contributed by atoms with Crippen LogP contribution in [0.5, 0.6) is 0 Å². The van der Waals surface area contributed by atoms with E-state index in [1.807, 2.05) is 16.0 Å². The Morgan fingerprint density at radius 2 is 2.23 bits per heavy atom. The van der Waals surface area contributed by atoms with Crippen LogP contribution in [0.25, 0.3) is 21.5 Å². The van der Waals surface area contributed by atoms with Crippen molar-refractivity contribution in [2.24, 2.45) is 11.7 Å². The second-order valence-corrected chi connectivity index (χ2v) is 9.28. The van der Waals surface area contributed by atoms with Gasteiger partial charge in [-0.15, -0.1) is 21.5 Å². The molecule has 11 heteroatoms. The molecule has 0 fully saturated rings. The van der Waals surface area contributed by atoms with Crippen LogP contribution in [0, 0.1) is 5.92 Å². The molecule has 0 unspecified atom stereocenters. The Bertz CT molecular complexity index is 1260. The van der Waals surface area contributed by atoms with E-state index < -0.39 is 0 Å². The van der Waals surface area contributed by atoms with Crippen molar-refractivity contribution in [3.05, 3.63) is 45.8 Å². The van der Waals surface area contributed by atoms with Gasteiger partial charge in [0.15, 0.2) is 5.16 Å². The summed E-state index contributed by atoms with van der Waals surface area (Å²) in [5.41, 5.74) is 5.83. The number of hydrogen-bond donors (Lipinski definition) is 2. The SMILES string of the molecule is CC(C)Cn1c(CCC(N)=O)nnc1SCc1nc2scc(-c3ccco3)c2c(=O)[nH]1. The van der Waals surface area contributed by atoms with Crippen LogP contribution in [0.4, 0.5) is 0 Å². The number of hydrogen-bond acceptors (Lipinski definition) is 8. The first-order valence-electron chi connectivity index (χ1n) is 9.79. The minimum Gasteiger partial charge on any atom is -0.464 e. The molecule has 4 aromatic rings. The summed E-state index contributed by atoms with van der Waals surface area (Å²) in [4.78, 5) is 32.0. The lowest BCUT2D eigenvalue weighted by molar-refractivity contribution is -0.118. The van der Waals surface area contributed by atoms with Crippen molar-refractivity contribution < 1.29 is 9.21 Å². The third kappa shape index (κ3) is 4.72. The van der Waals surface area contributed by atoms with Gasteiger partial charge in [-0.3, -0.25) is 9.59 Å². The molecule has 0 saturated carbocycles. The molecule has 0 spiro atoms. The number of nitrogens with zero attached hydrogens (tertiary/aromatic N) is 4. The highest BCUT2D eigenvalue weighted by molar-refractivity contribution is 7.98. The van der Waals surface area contributed by atoms with Crippen LogP contribution in [0.3, 0.4) is 0 Å². The van der Waals surface area contributed by atoms with Gasteiger partial charge in [0.25, 0.3) is 5.56 Å². The zero-order valence-electron chi connectivity index (χ0n) is 17.1. The molecule has 31 heavy (non-hydrogen) atoms. The number of aromatic amines is 1. The van der Waals surface area contributed by atoms with Gasteiger partial charge < -0.3 is 19.7 Å². The number of fused-ring (bicyclic) bond motifs is 1. The fourth-order valence-corrected chi connectivity index (χ4v) is 4.99. The van der Waals surface area contributed by atoms with Crippen molar-refractivity contribution in [3.63, 3.8) is 0 Å². The smallest absolute Gasteiger partial charge is 0.260 e. The highest BCUT2D eigenvalue weighted by atomic mass is 32.2. The van der Waals surface area contributed by atoms with Gasteiger partial charge in [-0.05, 0) is 18.1 Å². The number of rotatable bonds is 9. The first kappa shape index (κ1) is 21.3. The third-order valence-electron chi connectivity index (χ3n) is 4.55. The number of furan rings is 1. The molecule has 4 aromatic heterocycles. The van der Waals surface area contributed by atoms with E-state index in [1.165, 1.54) is 23.1 Å². The van der Waals surface area contributed by atoms with Crippen LogP contribution in [-0.2, 0) is 23.5 Å². The van der Waals surface area contributed by atoms with E-state index >= 15 is 0 Å². The molecule has 0 bridgehead atoms. The van der Waals surface area contributed by atoms with E-state index in [-0.39, 0.29) is 17.9 Å². The van der Waals surface area contributed by atoms with Crippen molar-refractivity contribution in [2.75, 3.05) is 0 Å². The molecule has 0 aliphatic rings. The maximum Gasteiger partial charge on any atom is 0.260 e. The number of carbonyl (C=O) groups is 1. The average Bonchev–Trinajstić information content (AvgIpc) is 3.44. The maximum atomic E-state index is 12.7. The minimum absolute atomic E-state index is 0.195. The monoisotopic (exact) mass is 458 g/mol. The summed E-state index contributed by atoms with van der Waals surface area (Å²) in [6.45, 7) is 4.93. The highest BCUT2D eigenvalue weighted by Gasteiger charge is 2.17. The Labute approximate surface area is 186 Å². The summed E-state index contributed by atoms with van der Waals surface area (Å²) in [6, 6.07) is 3.61. The van der Waals surface area contributed by atoms with E-state index in [0.717, 1.165) is 23.1 Å². The molecule has 4 rings (SSSR count). The zero-order chi connectivity index (χ0) is 22.0. The molecule has 0 aromatic carbocycles. The molecule has 0 radical (unpaired) electrons. The molecule has 1 amide bonds. The number of aryl methyl sites for hydroxylation is 1. The number of thioether (sulfide) groups is 1. The maximum absolute atomic E-state index is 12.7. The predicted octanol–water partition coefficient (Wildman–Crippen LogP) is 3.20. The second kappa shape index (κ2) is 9.06. The average molecular weight is 459 g/mol. The van der Waals surface area contributed by atoms with E-state index in [1.54, 1.807) is 12.3 Å². The summed E-state index contributed by atoms with van der Waals surface area (Å²) >= 11 is 2.86. The van der Waals surface area contributed by atoms with Gasteiger partial charge in [-0.2, -0.15) is 0 Å². The van der Waals surface area contributed by atoms with E-state index in [0.29, 0.717) is 39.9 Å². The molecule has 9 nitrogen and oxygen atoms in total. The van der Waals surface area contributed by atoms with Crippen LogP contribution in [0.15, 0.2) is 38.1 Å². The molecule has 0 aliphatic carbocycles. The van der Waals surface area contributed by atoms with Crippen molar-refractivity contribution in [1.82, 2.24) is 24.7 Å². The Balaban J connectivity index is 1.56. The van der Waals surface area contributed by atoms with Crippen LogP contribution in [0.2, 0.25) is 0 Å². The number of amides is 1. The quantitative estimate of drug-likeness (QED) is 0.368. The summed E-state index contributed by atoms with van der Waals surface area (Å²) in [6.07, 6.45) is 2.25. The number of primary amides is 1. The molecule has 162 valence electrons. The largest absolute Gasteiger partial charge is 0.464 e. The van der Waals surface area contributed by atoms with Gasteiger partial charge in [0, 0.05) is 30.3 Å². The van der Waals surface area contributed by atoms with Crippen LogP contribution in [0.1, 0.15) is 31.9 Å². The summed E-state index contributed by atoms with van der Waals surface area (Å²) in [5, 5.41) is 11.7. The fraction of sp³-hybridized carbons (Fsp3) is 0.350. The first-order valence-corrected chi connectivity index (χ1v) is 11.7. The molecular formula is C20H22N6O3S2. The molecule has 0 atom stereocenters. The van der Waals surface area contributed by atoms with Gasteiger partial charge in [0.05, 0.1) is 17.4 Å². The number of H-pyrrole nitrogens is 1. The van der Waals surface area contributed by atoms with Crippen molar-refractivity contribution in [2.45, 2.75) is 44.1 Å². The van der Waals surface area contributed by atoms with E-state index in [9.17, 15) is 9.59 Å². The second-order valence-electron chi connectivity index (χ2n) is 7.48. The van der Waals surface area contributed by atoms with E-state index in [4.69, 9.17) is 10.2 Å². The normalized spacial score (nSPS) is 11.6. The lowest BCUT2D eigenvalue weighted by Gasteiger charge is -2.12. The Hall–Kier alpha value is -2.92. The van der Waals surface area contributed by atoms with Crippen molar-refractivity contribution >= 4 is 39.2 Å². The van der Waals surface area contributed by atoms with Gasteiger partial charge in [0.1, 0.15) is 22.2 Å². The van der Waals surface area contributed by atoms with Crippen LogP contribution >= 0.6 is 23.1 Å². The van der Waals surface area contributed by atoms with Crippen molar-refractivity contribution in [1.29, 1.82) is 0 Å². The highest BCUT2D eigenvalue weighted by Crippen LogP contribution is 2.31. The summed E-state index contributed by atoms with van der Waals surface area (Å²) in [7, 11) is 0. The standard InChI is InChI=1S/C20H22N6O3S2/c1-11(2)8-26-16(6-5-14(21)27)24-25-20(26)31-10-15-22-18(28)17-12(9-30-19(17)23-15)13-4-3-7-29-13/h3-4,7,9,11H,5-6,8,10H2,1-2H3,(H2,21,27)(H,22,23,28). The van der Waals surface area contributed by atoms with Crippen molar-refractivity contribution in [3.8, 4) is 11.3 Å².